The average molecular weight is 194 g/mol. The van der Waals surface area contributed by atoms with Gasteiger partial charge in [-0.25, -0.2) is 0 Å². The third-order valence-corrected chi connectivity index (χ3v) is 3.16. The minimum absolute atomic E-state index is 0.712. The molecule has 0 aromatic carbocycles. The predicted molar refractivity (Wildman–Crippen MR) is 58.9 cm³/mol. The fraction of sp³-hybridized carbons (Fsp3) is 0.917. The van der Waals surface area contributed by atoms with Crippen LogP contribution in [0, 0.1) is 17.2 Å². The van der Waals surface area contributed by atoms with E-state index in [9.17, 15) is 0 Å². The van der Waals surface area contributed by atoms with Crippen molar-refractivity contribution in [1.82, 2.24) is 5.32 Å². The van der Waals surface area contributed by atoms with Crippen molar-refractivity contribution in [1.29, 1.82) is 5.26 Å². The van der Waals surface area contributed by atoms with Gasteiger partial charge in [0.25, 0.3) is 0 Å². The van der Waals surface area contributed by atoms with Gasteiger partial charge in [0.2, 0.25) is 0 Å². The van der Waals surface area contributed by atoms with Crippen molar-refractivity contribution in [2.75, 3.05) is 6.54 Å². The fourth-order valence-electron chi connectivity index (χ4n) is 2.10. The number of nitriles is 1. The lowest BCUT2D eigenvalue weighted by Crippen LogP contribution is -2.33. The fourth-order valence-corrected chi connectivity index (χ4v) is 2.10. The Kier molecular flexibility index (Phi) is 5.63. The largest absolute Gasteiger partial charge is 0.314 e. The van der Waals surface area contributed by atoms with E-state index < -0.39 is 0 Å². The Labute approximate surface area is 87.7 Å². The normalized spacial score (nSPS) is 27.1. The van der Waals surface area contributed by atoms with E-state index in [0.717, 1.165) is 31.3 Å². The second-order valence-electron chi connectivity index (χ2n) is 4.53. The molecule has 1 aliphatic rings. The zero-order valence-corrected chi connectivity index (χ0v) is 9.26. The first-order valence-electron chi connectivity index (χ1n) is 5.93. The third-order valence-electron chi connectivity index (χ3n) is 3.16. The van der Waals surface area contributed by atoms with E-state index in [1.165, 1.54) is 25.7 Å². The molecular weight excluding hydrogens is 172 g/mol. The van der Waals surface area contributed by atoms with Crippen LogP contribution in [0.4, 0.5) is 0 Å². The topological polar surface area (TPSA) is 35.8 Å². The van der Waals surface area contributed by atoms with Crippen molar-refractivity contribution in [2.24, 2.45) is 5.92 Å². The second kappa shape index (κ2) is 6.84. The van der Waals surface area contributed by atoms with Gasteiger partial charge >= 0.3 is 0 Å². The standard InChI is InChI=1S/C12H22N2/c1-11-5-7-12(8-6-11)14-10-4-2-3-9-13/h11-12,14H,2-8,10H2,1H3. The Bertz CT molecular complexity index is 175. The molecule has 0 radical (unpaired) electrons. The van der Waals surface area contributed by atoms with Crippen LogP contribution in [0.1, 0.15) is 51.9 Å². The van der Waals surface area contributed by atoms with Gasteiger partial charge in [0, 0.05) is 12.5 Å². The molecule has 0 aliphatic heterocycles. The Morgan fingerprint density at radius 1 is 1.21 bits per heavy atom. The van der Waals surface area contributed by atoms with Gasteiger partial charge in [-0.2, -0.15) is 5.26 Å². The third kappa shape index (κ3) is 4.62. The molecule has 1 N–H and O–H groups in total. The maximum atomic E-state index is 8.37. The minimum atomic E-state index is 0.712. The first-order valence-corrected chi connectivity index (χ1v) is 5.93. The van der Waals surface area contributed by atoms with Gasteiger partial charge in [-0.15, -0.1) is 0 Å². The molecule has 0 unspecified atom stereocenters. The minimum Gasteiger partial charge on any atom is -0.314 e. The molecule has 0 amide bonds. The van der Waals surface area contributed by atoms with Crippen LogP contribution < -0.4 is 5.32 Å². The van der Waals surface area contributed by atoms with Crippen molar-refractivity contribution >= 4 is 0 Å². The van der Waals surface area contributed by atoms with Crippen LogP contribution in [0.3, 0.4) is 0 Å². The molecule has 80 valence electrons. The van der Waals surface area contributed by atoms with Crippen LogP contribution in [0.2, 0.25) is 0 Å². The number of nitrogens with one attached hydrogen (secondary N) is 1. The van der Waals surface area contributed by atoms with Crippen LogP contribution in [0.25, 0.3) is 0 Å². The van der Waals surface area contributed by atoms with Crippen molar-refractivity contribution in [3.8, 4) is 6.07 Å². The van der Waals surface area contributed by atoms with Crippen LogP contribution in [0.15, 0.2) is 0 Å². The van der Waals surface area contributed by atoms with E-state index >= 15 is 0 Å². The molecule has 0 atom stereocenters. The number of nitrogens with zero attached hydrogens (tertiary/aromatic N) is 1. The first-order chi connectivity index (χ1) is 6.83. The molecule has 0 saturated heterocycles. The first kappa shape index (κ1) is 11.5. The Morgan fingerprint density at radius 3 is 2.57 bits per heavy atom. The summed E-state index contributed by atoms with van der Waals surface area (Å²) < 4.78 is 0. The van der Waals surface area contributed by atoms with Crippen LogP contribution in [0.5, 0.6) is 0 Å². The highest BCUT2D eigenvalue weighted by molar-refractivity contribution is 4.75. The maximum absolute atomic E-state index is 8.37. The molecule has 2 nitrogen and oxygen atoms in total. The van der Waals surface area contributed by atoms with E-state index in [2.05, 4.69) is 18.3 Å². The maximum Gasteiger partial charge on any atom is 0.0621 e. The van der Waals surface area contributed by atoms with Crippen LogP contribution in [-0.2, 0) is 0 Å². The average Bonchev–Trinajstić information content (AvgIpc) is 2.21. The number of unbranched alkanes of at least 4 members (excludes halogenated alkanes) is 2. The van der Waals surface area contributed by atoms with Gasteiger partial charge in [0.1, 0.15) is 0 Å². The zero-order valence-electron chi connectivity index (χ0n) is 9.26. The van der Waals surface area contributed by atoms with Crippen molar-refractivity contribution in [2.45, 2.75) is 57.9 Å². The number of rotatable bonds is 5. The lowest BCUT2D eigenvalue weighted by Gasteiger charge is -2.26. The molecule has 2 heteroatoms. The summed E-state index contributed by atoms with van der Waals surface area (Å²) >= 11 is 0. The smallest absolute Gasteiger partial charge is 0.0621 e. The van der Waals surface area contributed by atoms with Gasteiger partial charge in [0.05, 0.1) is 6.07 Å². The van der Waals surface area contributed by atoms with E-state index in [1.807, 2.05) is 0 Å². The summed E-state index contributed by atoms with van der Waals surface area (Å²) in [6.07, 6.45) is 8.38. The van der Waals surface area contributed by atoms with Gasteiger partial charge in [-0.05, 0) is 51.0 Å². The predicted octanol–water partition coefficient (Wildman–Crippen LogP) is 2.85. The van der Waals surface area contributed by atoms with Gasteiger partial charge in [0.15, 0.2) is 0 Å². The molecule has 0 spiro atoms. The van der Waals surface area contributed by atoms with Gasteiger partial charge < -0.3 is 5.32 Å². The highest BCUT2D eigenvalue weighted by Gasteiger charge is 2.16. The molecule has 0 bridgehead atoms. The van der Waals surface area contributed by atoms with Gasteiger partial charge in [-0.3, -0.25) is 0 Å². The van der Waals surface area contributed by atoms with E-state index in [-0.39, 0.29) is 0 Å². The lowest BCUT2D eigenvalue weighted by molar-refractivity contribution is 0.307. The lowest BCUT2D eigenvalue weighted by atomic mass is 9.87. The highest BCUT2D eigenvalue weighted by atomic mass is 14.9. The zero-order chi connectivity index (χ0) is 10.2. The van der Waals surface area contributed by atoms with E-state index in [4.69, 9.17) is 5.26 Å². The van der Waals surface area contributed by atoms with E-state index in [0.29, 0.717) is 6.42 Å². The van der Waals surface area contributed by atoms with E-state index in [1.54, 1.807) is 0 Å². The molecular formula is C12H22N2. The summed E-state index contributed by atoms with van der Waals surface area (Å²) in [7, 11) is 0. The molecule has 14 heavy (non-hydrogen) atoms. The van der Waals surface area contributed by atoms with Crippen molar-refractivity contribution < 1.29 is 0 Å². The van der Waals surface area contributed by atoms with Crippen molar-refractivity contribution in [3.63, 3.8) is 0 Å². The number of hydrogen-bond donors (Lipinski definition) is 1. The molecule has 1 saturated carbocycles. The van der Waals surface area contributed by atoms with Gasteiger partial charge in [-0.1, -0.05) is 6.92 Å². The molecule has 0 aromatic heterocycles. The van der Waals surface area contributed by atoms with Crippen LogP contribution in [-0.4, -0.2) is 12.6 Å². The summed E-state index contributed by atoms with van der Waals surface area (Å²) in [5.74, 6) is 0.937. The molecule has 0 aromatic rings. The Morgan fingerprint density at radius 2 is 1.93 bits per heavy atom. The summed E-state index contributed by atoms with van der Waals surface area (Å²) in [6.45, 7) is 3.45. The quantitative estimate of drug-likeness (QED) is 0.683. The Hall–Kier alpha value is -0.550. The highest BCUT2D eigenvalue weighted by Crippen LogP contribution is 2.23. The molecule has 1 fully saturated rings. The summed E-state index contributed by atoms with van der Waals surface area (Å²) in [6, 6.07) is 2.94. The second-order valence-corrected chi connectivity index (χ2v) is 4.53. The molecule has 1 aliphatic carbocycles. The Balaban J connectivity index is 1.94. The summed E-state index contributed by atoms with van der Waals surface area (Å²) in [5.41, 5.74) is 0. The molecule has 0 heterocycles. The van der Waals surface area contributed by atoms with Crippen molar-refractivity contribution in [3.05, 3.63) is 0 Å². The molecule has 1 rings (SSSR count). The summed E-state index contributed by atoms with van der Waals surface area (Å²) in [4.78, 5) is 0. The number of hydrogen-bond acceptors (Lipinski definition) is 2. The monoisotopic (exact) mass is 194 g/mol. The van der Waals surface area contributed by atoms with Crippen LogP contribution >= 0.6 is 0 Å². The summed E-state index contributed by atoms with van der Waals surface area (Å²) in [5, 5.41) is 12.0. The SMILES string of the molecule is CC1CCC(NCCCCC#N)CC1.